The lowest BCUT2D eigenvalue weighted by Gasteiger charge is -2.34. The van der Waals surface area contributed by atoms with E-state index in [1.807, 2.05) is 62.3 Å². The van der Waals surface area contributed by atoms with Crippen LogP contribution in [-0.4, -0.2) is 29.6 Å². The predicted molar refractivity (Wildman–Crippen MR) is 80.6 cm³/mol. The summed E-state index contributed by atoms with van der Waals surface area (Å²) in [5.41, 5.74) is -1.94. The van der Waals surface area contributed by atoms with Gasteiger partial charge in [-0.1, -0.05) is 0 Å². The third-order valence-corrected chi connectivity index (χ3v) is 2.34. The highest BCUT2D eigenvalue weighted by atomic mass is 17.2. The van der Waals surface area contributed by atoms with Crippen molar-refractivity contribution in [2.24, 2.45) is 10.2 Å². The average Bonchev–Trinajstić information content (AvgIpc) is 2.22. The second kappa shape index (κ2) is 6.50. The largest absolute Gasteiger partial charge is 0.379 e. The van der Waals surface area contributed by atoms with E-state index in [1.165, 1.54) is 0 Å². The van der Waals surface area contributed by atoms with E-state index in [0.717, 1.165) is 0 Å². The molecule has 0 spiro atoms. The Balaban J connectivity index is 5.08. The molecule has 1 unspecified atom stereocenters. The first-order valence-corrected chi connectivity index (χ1v) is 7.04. The number of methoxy groups -OCH3 is 1. The molecule has 0 heterocycles. The summed E-state index contributed by atoms with van der Waals surface area (Å²) in [4.78, 5) is 11.0. The molecule has 0 bridgehead atoms. The fourth-order valence-corrected chi connectivity index (χ4v) is 1.41. The molecule has 0 aliphatic rings. The van der Waals surface area contributed by atoms with Gasteiger partial charge in [0.05, 0.1) is 16.7 Å². The quantitative estimate of drug-likeness (QED) is 0.410. The van der Waals surface area contributed by atoms with Gasteiger partial charge in [0, 0.05) is 13.5 Å². The monoisotopic (exact) mass is 288 g/mol. The number of ether oxygens (including phenoxy) is 1. The highest BCUT2D eigenvalue weighted by Gasteiger charge is 2.36. The molecule has 0 fully saturated rings. The first kappa shape index (κ1) is 19.5. The van der Waals surface area contributed by atoms with Gasteiger partial charge in [-0.15, -0.1) is 0 Å². The SMILES string of the molecule is COC(C)(C)CC(C)(/N=N/C(C)(C)C)OOC(C)(C)C. The van der Waals surface area contributed by atoms with Gasteiger partial charge in [0.15, 0.2) is 0 Å². The lowest BCUT2D eigenvalue weighted by atomic mass is 9.97. The van der Waals surface area contributed by atoms with Crippen LogP contribution >= 0.6 is 0 Å². The number of rotatable bonds is 6. The molecule has 0 aromatic carbocycles. The van der Waals surface area contributed by atoms with Crippen molar-refractivity contribution in [2.45, 2.75) is 91.2 Å². The van der Waals surface area contributed by atoms with E-state index in [-0.39, 0.29) is 11.1 Å². The van der Waals surface area contributed by atoms with Gasteiger partial charge in [-0.3, -0.25) is 0 Å². The summed E-state index contributed by atoms with van der Waals surface area (Å²) >= 11 is 0. The van der Waals surface area contributed by atoms with Gasteiger partial charge in [0.25, 0.3) is 0 Å². The molecule has 5 heteroatoms. The second-order valence-electron chi connectivity index (χ2n) is 7.97. The van der Waals surface area contributed by atoms with Crippen molar-refractivity contribution in [1.29, 1.82) is 0 Å². The van der Waals surface area contributed by atoms with E-state index in [4.69, 9.17) is 14.5 Å². The van der Waals surface area contributed by atoms with Crippen LogP contribution < -0.4 is 0 Å². The maximum absolute atomic E-state index is 5.59. The molecular weight excluding hydrogens is 256 g/mol. The Kier molecular flexibility index (Phi) is 6.33. The number of hydrogen-bond acceptors (Lipinski definition) is 5. The zero-order valence-corrected chi connectivity index (χ0v) is 14.8. The summed E-state index contributed by atoms with van der Waals surface area (Å²) in [5.74, 6) is 0. The van der Waals surface area contributed by atoms with Gasteiger partial charge in [0.1, 0.15) is 0 Å². The fourth-order valence-electron chi connectivity index (χ4n) is 1.41. The van der Waals surface area contributed by atoms with E-state index < -0.39 is 11.3 Å². The van der Waals surface area contributed by atoms with Crippen molar-refractivity contribution in [3.63, 3.8) is 0 Å². The Bertz CT molecular complexity index is 327. The second-order valence-corrected chi connectivity index (χ2v) is 7.97. The Morgan fingerprint density at radius 1 is 0.750 bits per heavy atom. The van der Waals surface area contributed by atoms with Crippen molar-refractivity contribution < 1.29 is 14.5 Å². The molecule has 0 rings (SSSR count). The summed E-state index contributed by atoms with van der Waals surface area (Å²) < 4.78 is 5.46. The summed E-state index contributed by atoms with van der Waals surface area (Å²) in [6, 6.07) is 0. The summed E-state index contributed by atoms with van der Waals surface area (Å²) in [6.45, 7) is 17.6. The van der Waals surface area contributed by atoms with Crippen LogP contribution in [0, 0.1) is 0 Å². The van der Waals surface area contributed by atoms with E-state index >= 15 is 0 Å². The lowest BCUT2D eigenvalue weighted by molar-refractivity contribution is -0.405. The van der Waals surface area contributed by atoms with Gasteiger partial charge in [-0.25, -0.2) is 9.78 Å². The third kappa shape index (κ3) is 9.39. The van der Waals surface area contributed by atoms with Crippen molar-refractivity contribution in [1.82, 2.24) is 0 Å². The van der Waals surface area contributed by atoms with Gasteiger partial charge < -0.3 is 4.74 Å². The maximum atomic E-state index is 5.59. The minimum Gasteiger partial charge on any atom is -0.379 e. The number of azo groups is 1. The van der Waals surface area contributed by atoms with Crippen LogP contribution in [0.15, 0.2) is 10.2 Å². The molecule has 0 saturated heterocycles. The van der Waals surface area contributed by atoms with Crippen LogP contribution in [0.1, 0.15) is 68.7 Å². The molecule has 0 aliphatic heterocycles. The van der Waals surface area contributed by atoms with Crippen molar-refractivity contribution >= 4 is 0 Å². The minimum absolute atomic E-state index is 0.260. The van der Waals surface area contributed by atoms with Crippen LogP contribution in [0.2, 0.25) is 0 Å². The van der Waals surface area contributed by atoms with Gasteiger partial charge in [0.2, 0.25) is 5.72 Å². The molecule has 0 amide bonds. The smallest absolute Gasteiger partial charge is 0.212 e. The fraction of sp³-hybridized carbons (Fsp3) is 1.00. The Morgan fingerprint density at radius 3 is 1.60 bits per heavy atom. The standard InChI is InChI=1S/C15H32N2O3/c1-12(2,3)16-17-15(9,11-14(7,8)18-10)20-19-13(4,5)6/h11H2,1-10H3/b17-16+. The average molecular weight is 288 g/mol. The van der Waals surface area contributed by atoms with Crippen molar-refractivity contribution in [2.75, 3.05) is 7.11 Å². The molecule has 0 aromatic heterocycles. The lowest BCUT2D eigenvalue weighted by Crippen LogP contribution is -2.39. The Labute approximate surface area is 124 Å². The molecule has 0 N–H and O–H groups in total. The first-order valence-electron chi connectivity index (χ1n) is 7.04. The van der Waals surface area contributed by atoms with Crippen molar-refractivity contribution in [3.8, 4) is 0 Å². The normalized spacial score (nSPS) is 17.5. The highest BCUT2D eigenvalue weighted by Crippen LogP contribution is 2.30. The molecule has 20 heavy (non-hydrogen) atoms. The van der Waals surface area contributed by atoms with Crippen LogP contribution in [-0.2, 0) is 14.5 Å². The number of hydrogen-bond donors (Lipinski definition) is 0. The summed E-state index contributed by atoms with van der Waals surface area (Å²) in [6.07, 6.45) is 0.534. The Hall–Kier alpha value is -0.520. The molecule has 0 aromatic rings. The van der Waals surface area contributed by atoms with E-state index in [9.17, 15) is 0 Å². The minimum atomic E-state index is -0.889. The highest BCUT2D eigenvalue weighted by molar-refractivity contribution is 4.82. The van der Waals surface area contributed by atoms with Crippen LogP contribution in [0.25, 0.3) is 0 Å². The molecule has 0 aliphatic carbocycles. The zero-order chi connectivity index (χ0) is 16.2. The number of nitrogens with zero attached hydrogens (tertiary/aromatic N) is 2. The van der Waals surface area contributed by atoms with Gasteiger partial charge >= 0.3 is 0 Å². The van der Waals surface area contributed by atoms with Crippen LogP contribution in [0.4, 0.5) is 0 Å². The summed E-state index contributed by atoms with van der Waals surface area (Å²) in [7, 11) is 1.67. The van der Waals surface area contributed by atoms with Crippen LogP contribution in [0.3, 0.4) is 0 Å². The molecule has 0 saturated carbocycles. The molecule has 0 radical (unpaired) electrons. The predicted octanol–water partition coefficient (Wildman–Crippen LogP) is 4.52. The zero-order valence-electron chi connectivity index (χ0n) is 14.8. The first-order chi connectivity index (χ1) is 8.68. The van der Waals surface area contributed by atoms with Gasteiger partial charge in [-0.05, 0) is 62.3 Å². The molecular formula is C15H32N2O3. The van der Waals surface area contributed by atoms with E-state index in [0.29, 0.717) is 6.42 Å². The summed E-state index contributed by atoms with van der Waals surface area (Å²) in [5, 5.41) is 8.67. The Morgan fingerprint density at radius 2 is 1.25 bits per heavy atom. The maximum Gasteiger partial charge on any atom is 0.212 e. The van der Waals surface area contributed by atoms with E-state index in [1.54, 1.807) is 7.11 Å². The van der Waals surface area contributed by atoms with Crippen LogP contribution in [0.5, 0.6) is 0 Å². The molecule has 120 valence electrons. The third-order valence-electron chi connectivity index (χ3n) is 2.34. The molecule has 1 atom stereocenters. The molecule has 5 nitrogen and oxygen atoms in total. The van der Waals surface area contributed by atoms with Crippen molar-refractivity contribution in [3.05, 3.63) is 0 Å². The topological polar surface area (TPSA) is 52.4 Å². The van der Waals surface area contributed by atoms with E-state index in [2.05, 4.69) is 10.2 Å². The van der Waals surface area contributed by atoms with Gasteiger partial charge in [-0.2, -0.15) is 10.2 Å².